The van der Waals surface area contributed by atoms with Crippen molar-refractivity contribution in [1.82, 2.24) is 14.5 Å². The number of halogens is 2. The molecule has 6 heteroatoms. The zero-order valence-electron chi connectivity index (χ0n) is 10.2. The fraction of sp³-hybridized carbons (Fsp3) is 0.0714. The van der Waals surface area contributed by atoms with Crippen LogP contribution in [0.4, 0.5) is 4.39 Å². The molecule has 98 valence electrons. The van der Waals surface area contributed by atoms with Gasteiger partial charge >= 0.3 is 0 Å². The molecule has 0 aliphatic carbocycles. The van der Waals surface area contributed by atoms with E-state index in [-0.39, 0.29) is 11.4 Å². The van der Waals surface area contributed by atoms with Gasteiger partial charge in [-0.15, -0.1) is 11.6 Å². The molecule has 0 spiro atoms. The first-order valence-corrected chi connectivity index (χ1v) is 6.36. The topological polar surface area (TPSA) is 54.5 Å². The van der Waals surface area contributed by atoms with Gasteiger partial charge in [-0.2, -0.15) is 5.26 Å². The van der Waals surface area contributed by atoms with Crippen molar-refractivity contribution in [1.29, 1.82) is 5.26 Å². The smallest absolute Gasteiger partial charge is 0.143 e. The number of nitriles is 1. The number of benzene rings is 1. The molecule has 0 radical (unpaired) electrons. The quantitative estimate of drug-likeness (QED) is 0.680. The molecular weight excluding hydrogens is 279 g/mol. The first kappa shape index (κ1) is 12.6. The molecule has 3 aromatic rings. The predicted molar refractivity (Wildman–Crippen MR) is 73.1 cm³/mol. The van der Waals surface area contributed by atoms with E-state index in [1.54, 1.807) is 35.2 Å². The standard InChI is InChI=1S/C14H8ClFN4/c15-6-14-19-11-8-18-5-4-13(11)20(14)12-3-1-2-10(16)9(12)7-17/h1-5,8H,6H2. The summed E-state index contributed by atoms with van der Waals surface area (Å²) in [6, 6.07) is 8.11. The summed E-state index contributed by atoms with van der Waals surface area (Å²) >= 11 is 5.91. The Morgan fingerprint density at radius 1 is 1.35 bits per heavy atom. The van der Waals surface area contributed by atoms with Crippen molar-refractivity contribution in [3.8, 4) is 11.8 Å². The first-order chi connectivity index (χ1) is 9.76. The zero-order chi connectivity index (χ0) is 14.1. The van der Waals surface area contributed by atoms with E-state index in [1.165, 1.54) is 6.07 Å². The maximum atomic E-state index is 13.8. The highest BCUT2D eigenvalue weighted by Crippen LogP contribution is 2.25. The first-order valence-electron chi connectivity index (χ1n) is 5.82. The second-order valence-corrected chi connectivity index (χ2v) is 4.37. The molecule has 0 aliphatic rings. The van der Waals surface area contributed by atoms with Gasteiger partial charge in [0.2, 0.25) is 0 Å². The van der Waals surface area contributed by atoms with Crippen molar-refractivity contribution in [2.24, 2.45) is 0 Å². The van der Waals surface area contributed by atoms with E-state index < -0.39 is 5.82 Å². The van der Waals surface area contributed by atoms with Crippen LogP contribution in [0.3, 0.4) is 0 Å². The summed E-state index contributed by atoms with van der Waals surface area (Å²) < 4.78 is 15.5. The van der Waals surface area contributed by atoms with Gasteiger partial charge in [-0.05, 0) is 18.2 Å². The van der Waals surface area contributed by atoms with Crippen LogP contribution >= 0.6 is 11.6 Å². The van der Waals surface area contributed by atoms with Crippen LogP contribution in [0.2, 0.25) is 0 Å². The molecule has 1 aromatic carbocycles. The number of aromatic nitrogens is 3. The number of hydrogen-bond donors (Lipinski definition) is 0. The monoisotopic (exact) mass is 286 g/mol. The maximum absolute atomic E-state index is 13.8. The molecule has 2 heterocycles. The molecule has 0 N–H and O–H groups in total. The molecule has 0 unspecified atom stereocenters. The summed E-state index contributed by atoms with van der Waals surface area (Å²) in [6.07, 6.45) is 3.22. The molecule has 0 atom stereocenters. The number of fused-ring (bicyclic) bond motifs is 1. The van der Waals surface area contributed by atoms with Gasteiger partial charge in [0.15, 0.2) is 0 Å². The van der Waals surface area contributed by atoms with Crippen LogP contribution in [-0.2, 0) is 5.88 Å². The Morgan fingerprint density at radius 3 is 2.95 bits per heavy atom. The Labute approximate surface area is 119 Å². The van der Waals surface area contributed by atoms with Crippen LogP contribution in [0.25, 0.3) is 16.7 Å². The van der Waals surface area contributed by atoms with E-state index in [1.807, 2.05) is 6.07 Å². The van der Waals surface area contributed by atoms with Crippen molar-refractivity contribution in [3.63, 3.8) is 0 Å². The molecule has 0 amide bonds. The van der Waals surface area contributed by atoms with Crippen molar-refractivity contribution in [2.45, 2.75) is 5.88 Å². The fourth-order valence-electron chi connectivity index (χ4n) is 2.15. The number of hydrogen-bond acceptors (Lipinski definition) is 3. The summed E-state index contributed by atoms with van der Waals surface area (Å²) in [5.41, 5.74) is 1.78. The summed E-state index contributed by atoms with van der Waals surface area (Å²) in [5.74, 6) is 0.119. The minimum absolute atomic E-state index is 0.0324. The summed E-state index contributed by atoms with van der Waals surface area (Å²) in [5, 5.41) is 9.16. The maximum Gasteiger partial charge on any atom is 0.143 e. The number of rotatable bonds is 2. The lowest BCUT2D eigenvalue weighted by molar-refractivity contribution is 0.622. The van der Waals surface area contributed by atoms with Gasteiger partial charge in [0, 0.05) is 6.20 Å². The van der Waals surface area contributed by atoms with Gasteiger partial charge in [0.05, 0.1) is 23.3 Å². The Balaban J connectivity index is 2.41. The highest BCUT2D eigenvalue weighted by molar-refractivity contribution is 6.17. The summed E-state index contributed by atoms with van der Waals surface area (Å²) in [4.78, 5) is 8.35. The van der Waals surface area contributed by atoms with E-state index >= 15 is 0 Å². The second kappa shape index (κ2) is 4.91. The number of imidazole rings is 1. The molecule has 0 fully saturated rings. The van der Waals surface area contributed by atoms with Crippen molar-refractivity contribution in [3.05, 3.63) is 53.9 Å². The average molecular weight is 287 g/mol. The third kappa shape index (κ3) is 1.82. The highest BCUT2D eigenvalue weighted by Gasteiger charge is 2.16. The van der Waals surface area contributed by atoms with Crippen molar-refractivity contribution >= 4 is 22.6 Å². The lowest BCUT2D eigenvalue weighted by atomic mass is 10.1. The van der Waals surface area contributed by atoms with Crippen LogP contribution in [0, 0.1) is 17.1 Å². The van der Waals surface area contributed by atoms with E-state index in [2.05, 4.69) is 9.97 Å². The summed E-state index contributed by atoms with van der Waals surface area (Å²) in [6.45, 7) is 0. The molecule has 20 heavy (non-hydrogen) atoms. The lowest BCUT2D eigenvalue weighted by Crippen LogP contribution is -2.03. The number of alkyl halides is 1. The second-order valence-electron chi connectivity index (χ2n) is 4.11. The van der Waals surface area contributed by atoms with Crippen LogP contribution in [0.1, 0.15) is 11.4 Å². The largest absolute Gasteiger partial charge is 0.294 e. The van der Waals surface area contributed by atoms with Crippen LogP contribution in [0.15, 0.2) is 36.7 Å². The number of nitrogens with zero attached hydrogens (tertiary/aromatic N) is 4. The molecule has 0 bridgehead atoms. The molecule has 0 saturated carbocycles. The number of pyridine rings is 1. The fourth-order valence-corrected chi connectivity index (χ4v) is 2.33. The molecule has 0 saturated heterocycles. The van der Waals surface area contributed by atoms with E-state index in [4.69, 9.17) is 16.9 Å². The van der Waals surface area contributed by atoms with Gasteiger partial charge < -0.3 is 0 Å². The summed E-state index contributed by atoms with van der Waals surface area (Å²) in [7, 11) is 0. The minimum atomic E-state index is -0.568. The molecule has 4 nitrogen and oxygen atoms in total. The van der Waals surface area contributed by atoms with Crippen LogP contribution < -0.4 is 0 Å². The SMILES string of the molecule is N#Cc1c(F)cccc1-n1c(CCl)nc2cnccc21. The zero-order valence-corrected chi connectivity index (χ0v) is 11.0. The van der Waals surface area contributed by atoms with Gasteiger partial charge in [0.1, 0.15) is 28.8 Å². The third-order valence-electron chi connectivity index (χ3n) is 2.99. The molecule has 2 aromatic heterocycles. The predicted octanol–water partition coefficient (Wildman–Crippen LogP) is 3.17. The van der Waals surface area contributed by atoms with Crippen molar-refractivity contribution in [2.75, 3.05) is 0 Å². The van der Waals surface area contributed by atoms with Crippen molar-refractivity contribution < 1.29 is 4.39 Å². The molecule has 0 aliphatic heterocycles. The van der Waals surface area contributed by atoms with Gasteiger partial charge in [-0.3, -0.25) is 9.55 Å². The average Bonchev–Trinajstić information content (AvgIpc) is 2.85. The molecule has 3 rings (SSSR count). The lowest BCUT2D eigenvalue weighted by Gasteiger charge is -2.09. The third-order valence-corrected chi connectivity index (χ3v) is 3.23. The minimum Gasteiger partial charge on any atom is -0.294 e. The Kier molecular flexibility index (Phi) is 3.09. The normalized spacial score (nSPS) is 10.7. The van der Waals surface area contributed by atoms with Crippen LogP contribution in [-0.4, -0.2) is 14.5 Å². The Hall–Kier alpha value is -2.45. The van der Waals surface area contributed by atoms with E-state index in [0.29, 0.717) is 17.0 Å². The Bertz CT molecular complexity index is 835. The van der Waals surface area contributed by atoms with E-state index in [9.17, 15) is 4.39 Å². The highest BCUT2D eigenvalue weighted by atomic mass is 35.5. The Morgan fingerprint density at radius 2 is 2.20 bits per heavy atom. The molecular formula is C14H8ClFN4. The van der Waals surface area contributed by atoms with E-state index in [0.717, 1.165) is 5.52 Å². The van der Waals surface area contributed by atoms with Gasteiger partial charge in [-0.1, -0.05) is 6.07 Å². The van der Waals surface area contributed by atoms with Gasteiger partial charge in [0.25, 0.3) is 0 Å². The van der Waals surface area contributed by atoms with Gasteiger partial charge in [-0.25, -0.2) is 9.37 Å². The van der Waals surface area contributed by atoms with Crippen LogP contribution in [0.5, 0.6) is 0 Å².